The van der Waals surface area contributed by atoms with Gasteiger partial charge >= 0.3 is 0 Å². The molecule has 2 N–H and O–H groups in total. The second-order valence-corrected chi connectivity index (χ2v) is 5.68. The number of hydrogen-bond donors (Lipinski definition) is 2. The fourth-order valence-electron chi connectivity index (χ4n) is 1.78. The highest BCUT2D eigenvalue weighted by atomic mass is 32.1. The van der Waals surface area contributed by atoms with Crippen LogP contribution in [0.4, 0.5) is 5.13 Å². The molecule has 0 amide bonds. The molecule has 0 spiro atoms. The number of ether oxygens (including phenoxy) is 2. The lowest BCUT2D eigenvalue weighted by Crippen LogP contribution is -2.26. The quantitative estimate of drug-likeness (QED) is 0.612. The number of anilines is 1. The number of allylic oxidation sites excluding steroid dienone is 1. The molecule has 0 atom stereocenters. The van der Waals surface area contributed by atoms with Crippen LogP contribution in [0.1, 0.15) is 0 Å². The van der Waals surface area contributed by atoms with E-state index in [-0.39, 0.29) is 0 Å². The summed E-state index contributed by atoms with van der Waals surface area (Å²) in [6.45, 7) is 7.35. The Kier molecular flexibility index (Phi) is 5.72. The highest BCUT2D eigenvalue weighted by Crippen LogP contribution is 2.33. The molecule has 0 unspecified atom stereocenters. The number of thiazole rings is 1. The number of nitrogens with zero attached hydrogens (tertiary/aromatic N) is 1. The molecule has 2 aromatic rings. The van der Waals surface area contributed by atoms with Gasteiger partial charge in [-0.25, -0.2) is 4.98 Å². The van der Waals surface area contributed by atoms with Crippen molar-refractivity contribution in [2.75, 3.05) is 19.5 Å². The Labute approximate surface area is 144 Å². The van der Waals surface area contributed by atoms with Crippen LogP contribution in [-0.2, 0) is 0 Å². The van der Waals surface area contributed by atoms with E-state index in [0.29, 0.717) is 27.4 Å². The molecule has 120 valence electrons. The molecule has 23 heavy (non-hydrogen) atoms. The molecule has 2 rings (SSSR count). The van der Waals surface area contributed by atoms with Crippen molar-refractivity contribution in [3.8, 4) is 22.8 Å². The van der Waals surface area contributed by atoms with Crippen molar-refractivity contribution < 1.29 is 9.47 Å². The number of methoxy groups -OCH3 is 2. The third-order valence-electron chi connectivity index (χ3n) is 2.92. The van der Waals surface area contributed by atoms with E-state index in [0.717, 1.165) is 11.3 Å². The molecule has 1 aromatic carbocycles. The standard InChI is InChI=1S/C16H17N3O2S2/c1-5-10(2)17-15(22)19-16-18-12(9-23-16)11-6-7-13(20-3)14(8-11)21-4/h5-9H,1-2H2,3-4H3,(H2,17,18,19,22). The van der Waals surface area contributed by atoms with Gasteiger partial charge in [-0.05, 0) is 36.5 Å². The molecule has 7 heteroatoms. The summed E-state index contributed by atoms with van der Waals surface area (Å²) >= 11 is 6.63. The van der Waals surface area contributed by atoms with E-state index in [2.05, 4.69) is 28.8 Å². The molecule has 1 aromatic heterocycles. The monoisotopic (exact) mass is 347 g/mol. The number of rotatable bonds is 6. The van der Waals surface area contributed by atoms with Gasteiger partial charge in [0.2, 0.25) is 0 Å². The predicted octanol–water partition coefficient (Wildman–Crippen LogP) is 3.81. The number of thiocarbonyl (C=S) groups is 1. The van der Waals surface area contributed by atoms with Gasteiger partial charge in [-0.1, -0.05) is 13.2 Å². The Morgan fingerprint density at radius 1 is 1.30 bits per heavy atom. The minimum Gasteiger partial charge on any atom is -0.493 e. The molecule has 0 aliphatic rings. The molecular weight excluding hydrogens is 330 g/mol. The molecule has 0 fully saturated rings. The van der Waals surface area contributed by atoms with Crippen molar-refractivity contribution in [3.63, 3.8) is 0 Å². The molecule has 0 aliphatic carbocycles. The first-order chi connectivity index (χ1) is 11.1. The fourth-order valence-corrected chi connectivity index (χ4v) is 2.80. The summed E-state index contributed by atoms with van der Waals surface area (Å²) in [5.41, 5.74) is 2.38. The number of nitrogens with one attached hydrogen (secondary N) is 2. The first-order valence-electron chi connectivity index (χ1n) is 6.64. The van der Waals surface area contributed by atoms with Crippen LogP contribution in [0, 0.1) is 0 Å². The molecule has 1 heterocycles. The molecule has 0 saturated carbocycles. The third-order valence-corrected chi connectivity index (χ3v) is 3.89. The topological polar surface area (TPSA) is 55.4 Å². The van der Waals surface area contributed by atoms with Gasteiger partial charge in [0.25, 0.3) is 0 Å². The van der Waals surface area contributed by atoms with Crippen LogP contribution in [0.15, 0.2) is 48.5 Å². The second-order valence-electron chi connectivity index (χ2n) is 4.42. The average Bonchev–Trinajstić information content (AvgIpc) is 3.02. The van der Waals surface area contributed by atoms with Crippen LogP contribution in [0.2, 0.25) is 0 Å². The third kappa shape index (κ3) is 4.30. The van der Waals surface area contributed by atoms with E-state index in [1.54, 1.807) is 20.3 Å². The maximum Gasteiger partial charge on any atom is 0.189 e. The Balaban J connectivity index is 2.14. The smallest absolute Gasteiger partial charge is 0.189 e. The predicted molar refractivity (Wildman–Crippen MR) is 99.3 cm³/mol. The van der Waals surface area contributed by atoms with E-state index in [1.807, 2.05) is 23.6 Å². The Hall–Kier alpha value is -2.38. The van der Waals surface area contributed by atoms with Gasteiger partial charge in [0, 0.05) is 16.6 Å². The second kappa shape index (κ2) is 7.75. The summed E-state index contributed by atoms with van der Waals surface area (Å²) in [6, 6.07) is 5.66. The molecule has 0 saturated heterocycles. The maximum atomic E-state index is 5.31. The van der Waals surface area contributed by atoms with E-state index in [1.165, 1.54) is 11.3 Å². The maximum absolute atomic E-state index is 5.31. The van der Waals surface area contributed by atoms with Crippen molar-refractivity contribution in [1.29, 1.82) is 0 Å². The number of benzene rings is 1. The summed E-state index contributed by atoms with van der Waals surface area (Å²) in [5, 5.41) is 8.95. The van der Waals surface area contributed by atoms with E-state index in [9.17, 15) is 0 Å². The molecule has 0 bridgehead atoms. The van der Waals surface area contributed by atoms with Crippen LogP contribution in [-0.4, -0.2) is 24.3 Å². The van der Waals surface area contributed by atoms with Gasteiger partial charge < -0.3 is 20.1 Å². The lowest BCUT2D eigenvalue weighted by atomic mass is 10.1. The lowest BCUT2D eigenvalue weighted by Gasteiger charge is -2.08. The summed E-state index contributed by atoms with van der Waals surface area (Å²) in [6.07, 6.45) is 1.59. The number of hydrogen-bond acceptors (Lipinski definition) is 5. The van der Waals surface area contributed by atoms with Crippen LogP contribution < -0.4 is 20.1 Å². The van der Waals surface area contributed by atoms with Crippen LogP contribution in [0.5, 0.6) is 11.5 Å². The molecule has 0 radical (unpaired) electrons. The highest BCUT2D eigenvalue weighted by molar-refractivity contribution is 7.80. The zero-order valence-corrected chi connectivity index (χ0v) is 14.5. The Morgan fingerprint density at radius 3 is 2.70 bits per heavy atom. The van der Waals surface area contributed by atoms with Crippen LogP contribution in [0.3, 0.4) is 0 Å². The zero-order chi connectivity index (χ0) is 16.8. The van der Waals surface area contributed by atoms with Gasteiger partial charge in [0.1, 0.15) is 0 Å². The average molecular weight is 347 g/mol. The minimum absolute atomic E-state index is 0.420. The van der Waals surface area contributed by atoms with Crippen molar-refractivity contribution in [3.05, 3.63) is 48.5 Å². The van der Waals surface area contributed by atoms with E-state index in [4.69, 9.17) is 21.7 Å². The van der Waals surface area contributed by atoms with Crippen LogP contribution >= 0.6 is 23.6 Å². The molecule has 5 nitrogen and oxygen atoms in total. The van der Waals surface area contributed by atoms with Crippen molar-refractivity contribution in [2.45, 2.75) is 0 Å². The first-order valence-corrected chi connectivity index (χ1v) is 7.93. The SMILES string of the molecule is C=CC(=C)NC(=S)Nc1nc(-c2ccc(OC)c(OC)c2)cs1. The first kappa shape index (κ1) is 17.0. The Bertz CT molecular complexity index is 741. The van der Waals surface area contributed by atoms with Gasteiger partial charge in [0.15, 0.2) is 21.7 Å². The van der Waals surface area contributed by atoms with Crippen molar-refractivity contribution in [1.82, 2.24) is 10.3 Å². The normalized spacial score (nSPS) is 9.83. The van der Waals surface area contributed by atoms with Crippen molar-refractivity contribution >= 4 is 33.8 Å². The lowest BCUT2D eigenvalue weighted by molar-refractivity contribution is 0.355. The van der Waals surface area contributed by atoms with Gasteiger partial charge in [-0.2, -0.15) is 0 Å². The molecular formula is C16H17N3O2S2. The van der Waals surface area contributed by atoms with Gasteiger partial charge in [0.05, 0.1) is 19.9 Å². The minimum atomic E-state index is 0.420. The number of aromatic nitrogens is 1. The van der Waals surface area contributed by atoms with E-state index < -0.39 is 0 Å². The summed E-state index contributed by atoms with van der Waals surface area (Å²) in [4.78, 5) is 4.51. The van der Waals surface area contributed by atoms with Crippen molar-refractivity contribution in [2.24, 2.45) is 0 Å². The van der Waals surface area contributed by atoms with Gasteiger partial charge in [-0.3, -0.25) is 0 Å². The Morgan fingerprint density at radius 2 is 2.04 bits per heavy atom. The van der Waals surface area contributed by atoms with E-state index >= 15 is 0 Å². The zero-order valence-electron chi connectivity index (χ0n) is 12.9. The van der Waals surface area contributed by atoms with Gasteiger partial charge in [-0.15, -0.1) is 11.3 Å². The molecule has 0 aliphatic heterocycles. The highest BCUT2D eigenvalue weighted by Gasteiger charge is 2.10. The summed E-state index contributed by atoms with van der Waals surface area (Å²) < 4.78 is 10.5. The van der Waals surface area contributed by atoms with Crippen LogP contribution in [0.25, 0.3) is 11.3 Å². The summed E-state index contributed by atoms with van der Waals surface area (Å²) in [5.74, 6) is 1.34. The largest absolute Gasteiger partial charge is 0.493 e. The summed E-state index contributed by atoms with van der Waals surface area (Å²) in [7, 11) is 3.21. The fraction of sp³-hybridized carbons (Fsp3) is 0.125.